The maximum absolute atomic E-state index is 13.7. The Balaban J connectivity index is 2.10. The summed E-state index contributed by atoms with van der Waals surface area (Å²) < 4.78 is 31.7. The molecule has 1 saturated heterocycles. The Labute approximate surface area is 117 Å². The van der Waals surface area contributed by atoms with Crippen LogP contribution in [0.4, 0.5) is 8.78 Å². The molecular formula is C15H19F2NO2. The minimum atomic E-state index is -0.591. The van der Waals surface area contributed by atoms with Crippen LogP contribution in [0.5, 0.6) is 0 Å². The van der Waals surface area contributed by atoms with E-state index < -0.39 is 11.6 Å². The molecule has 0 N–H and O–H groups in total. The highest BCUT2D eigenvalue weighted by atomic mass is 19.1. The van der Waals surface area contributed by atoms with Gasteiger partial charge in [-0.1, -0.05) is 12.5 Å². The molecule has 0 bridgehead atoms. The Hall–Kier alpha value is -1.49. The molecule has 1 atom stereocenters. The molecular weight excluding hydrogens is 264 g/mol. The van der Waals surface area contributed by atoms with Crippen LogP contribution >= 0.6 is 0 Å². The van der Waals surface area contributed by atoms with E-state index in [9.17, 15) is 13.6 Å². The van der Waals surface area contributed by atoms with Crippen molar-refractivity contribution < 1.29 is 18.3 Å². The monoisotopic (exact) mass is 283 g/mol. The largest absolute Gasteiger partial charge is 0.465 e. The number of carbonyl (C=O) groups excluding carboxylic acids is 1. The maximum Gasteiger partial charge on any atom is 0.323 e. The van der Waals surface area contributed by atoms with E-state index in [1.54, 1.807) is 6.92 Å². The second-order valence-electron chi connectivity index (χ2n) is 4.97. The van der Waals surface area contributed by atoms with Gasteiger partial charge in [-0.2, -0.15) is 0 Å². The fourth-order valence-corrected chi connectivity index (χ4v) is 2.55. The summed E-state index contributed by atoms with van der Waals surface area (Å²) >= 11 is 0. The molecule has 1 aromatic carbocycles. The van der Waals surface area contributed by atoms with Crippen LogP contribution in [0.25, 0.3) is 0 Å². The number of benzene rings is 1. The molecule has 3 nitrogen and oxygen atoms in total. The summed E-state index contributed by atoms with van der Waals surface area (Å²) in [6.45, 7) is 3.13. The molecule has 1 heterocycles. The third-order valence-electron chi connectivity index (χ3n) is 3.56. The van der Waals surface area contributed by atoms with Crippen molar-refractivity contribution in [3.63, 3.8) is 0 Å². The highest BCUT2D eigenvalue weighted by Gasteiger charge is 2.30. The zero-order valence-corrected chi connectivity index (χ0v) is 11.6. The van der Waals surface area contributed by atoms with Gasteiger partial charge in [-0.3, -0.25) is 9.69 Å². The van der Waals surface area contributed by atoms with E-state index in [1.807, 2.05) is 4.90 Å². The molecule has 1 aliphatic heterocycles. The Morgan fingerprint density at radius 1 is 1.40 bits per heavy atom. The van der Waals surface area contributed by atoms with Crippen LogP contribution < -0.4 is 0 Å². The molecule has 1 unspecified atom stereocenters. The molecule has 110 valence electrons. The van der Waals surface area contributed by atoms with Crippen molar-refractivity contribution >= 4 is 5.97 Å². The van der Waals surface area contributed by atoms with Crippen molar-refractivity contribution in [2.45, 2.75) is 38.8 Å². The summed E-state index contributed by atoms with van der Waals surface area (Å²) in [6.07, 6.45) is 2.66. The van der Waals surface area contributed by atoms with Crippen molar-refractivity contribution in [1.29, 1.82) is 0 Å². The van der Waals surface area contributed by atoms with Gasteiger partial charge in [0, 0.05) is 18.2 Å². The number of nitrogens with zero attached hydrogens (tertiary/aromatic N) is 1. The first kappa shape index (κ1) is 14.9. The molecule has 0 aromatic heterocycles. The van der Waals surface area contributed by atoms with Crippen LogP contribution in [0.2, 0.25) is 0 Å². The van der Waals surface area contributed by atoms with Gasteiger partial charge in [-0.15, -0.1) is 0 Å². The highest BCUT2D eigenvalue weighted by Crippen LogP contribution is 2.22. The fraction of sp³-hybridized carbons (Fsp3) is 0.533. The zero-order chi connectivity index (χ0) is 14.5. The fourth-order valence-electron chi connectivity index (χ4n) is 2.55. The second-order valence-corrected chi connectivity index (χ2v) is 4.97. The summed E-state index contributed by atoms with van der Waals surface area (Å²) in [4.78, 5) is 13.8. The second kappa shape index (κ2) is 6.79. The number of esters is 1. The van der Waals surface area contributed by atoms with Gasteiger partial charge in [0.2, 0.25) is 0 Å². The summed E-state index contributed by atoms with van der Waals surface area (Å²) in [7, 11) is 0. The Morgan fingerprint density at radius 2 is 2.20 bits per heavy atom. The molecule has 0 amide bonds. The van der Waals surface area contributed by atoms with Gasteiger partial charge in [-0.05, 0) is 32.4 Å². The van der Waals surface area contributed by atoms with Gasteiger partial charge in [0.1, 0.15) is 17.7 Å². The molecule has 1 fully saturated rings. The van der Waals surface area contributed by atoms with E-state index in [0.29, 0.717) is 18.7 Å². The van der Waals surface area contributed by atoms with E-state index >= 15 is 0 Å². The topological polar surface area (TPSA) is 29.5 Å². The first-order chi connectivity index (χ1) is 9.61. The minimum absolute atomic E-state index is 0.255. The number of ether oxygens (including phenoxy) is 1. The lowest BCUT2D eigenvalue weighted by Gasteiger charge is -2.34. The minimum Gasteiger partial charge on any atom is -0.465 e. The summed E-state index contributed by atoms with van der Waals surface area (Å²) in [5.74, 6) is -1.42. The average molecular weight is 283 g/mol. The molecule has 20 heavy (non-hydrogen) atoms. The lowest BCUT2D eigenvalue weighted by molar-refractivity contribution is -0.151. The summed E-state index contributed by atoms with van der Waals surface area (Å²) in [5, 5.41) is 0. The number of hydrogen-bond acceptors (Lipinski definition) is 3. The van der Waals surface area contributed by atoms with E-state index in [2.05, 4.69) is 0 Å². The zero-order valence-electron chi connectivity index (χ0n) is 11.6. The molecule has 1 aromatic rings. The first-order valence-corrected chi connectivity index (χ1v) is 6.96. The summed E-state index contributed by atoms with van der Waals surface area (Å²) in [5.41, 5.74) is 0.405. The number of carbonyl (C=O) groups is 1. The molecule has 5 heteroatoms. The molecule has 0 spiro atoms. The highest BCUT2D eigenvalue weighted by molar-refractivity contribution is 5.75. The van der Waals surface area contributed by atoms with Crippen LogP contribution in [-0.2, 0) is 16.1 Å². The lowest BCUT2D eigenvalue weighted by atomic mass is 10.0. The van der Waals surface area contributed by atoms with Gasteiger partial charge in [0.05, 0.1) is 6.61 Å². The van der Waals surface area contributed by atoms with Crippen LogP contribution in [0.1, 0.15) is 31.7 Å². The van der Waals surface area contributed by atoms with Gasteiger partial charge in [0.25, 0.3) is 0 Å². The number of rotatable bonds is 4. The Bertz CT molecular complexity index is 479. The third kappa shape index (κ3) is 3.54. The van der Waals surface area contributed by atoms with Crippen LogP contribution in [0.15, 0.2) is 18.2 Å². The molecule has 0 radical (unpaired) electrons. The standard InChI is InChI=1S/C15H19F2NO2/c1-2-20-15(19)14-5-3-4-8-18(14)10-11-6-7-12(16)9-13(11)17/h6-7,9,14H,2-5,8,10H2,1H3. The van der Waals surface area contributed by atoms with Crippen LogP contribution in [0.3, 0.4) is 0 Å². The molecule has 0 aliphatic carbocycles. The number of halogens is 2. The number of likely N-dealkylation sites (tertiary alicyclic amines) is 1. The SMILES string of the molecule is CCOC(=O)C1CCCCN1Cc1ccc(F)cc1F. The molecule has 0 saturated carbocycles. The first-order valence-electron chi connectivity index (χ1n) is 6.96. The van der Waals surface area contributed by atoms with Crippen molar-refractivity contribution in [2.24, 2.45) is 0 Å². The Kier molecular flexibility index (Phi) is 5.06. The summed E-state index contributed by atoms with van der Waals surface area (Å²) in [6, 6.07) is 3.22. The van der Waals surface area contributed by atoms with Crippen LogP contribution in [0, 0.1) is 11.6 Å². The molecule has 2 rings (SSSR count). The third-order valence-corrected chi connectivity index (χ3v) is 3.56. The van der Waals surface area contributed by atoms with Gasteiger partial charge in [0.15, 0.2) is 0 Å². The van der Waals surface area contributed by atoms with E-state index in [0.717, 1.165) is 31.9 Å². The predicted octanol–water partition coefficient (Wildman–Crippen LogP) is 2.88. The van der Waals surface area contributed by atoms with E-state index in [-0.39, 0.29) is 12.0 Å². The lowest BCUT2D eigenvalue weighted by Crippen LogP contribution is -2.45. The quantitative estimate of drug-likeness (QED) is 0.796. The molecule has 1 aliphatic rings. The smallest absolute Gasteiger partial charge is 0.323 e. The van der Waals surface area contributed by atoms with Crippen LogP contribution in [-0.4, -0.2) is 30.1 Å². The van der Waals surface area contributed by atoms with Crippen molar-refractivity contribution in [2.75, 3.05) is 13.2 Å². The van der Waals surface area contributed by atoms with Crippen molar-refractivity contribution in [3.05, 3.63) is 35.4 Å². The van der Waals surface area contributed by atoms with Gasteiger partial charge in [-0.25, -0.2) is 8.78 Å². The maximum atomic E-state index is 13.7. The normalized spacial score (nSPS) is 19.9. The van der Waals surface area contributed by atoms with E-state index in [1.165, 1.54) is 12.1 Å². The average Bonchev–Trinajstić information content (AvgIpc) is 2.43. The van der Waals surface area contributed by atoms with Gasteiger partial charge < -0.3 is 4.74 Å². The number of piperidine rings is 1. The van der Waals surface area contributed by atoms with Crippen molar-refractivity contribution in [1.82, 2.24) is 4.90 Å². The number of hydrogen-bond donors (Lipinski definition) is 0. The van der Waals surface area contributed by atoms with E-state index in [4.69, 9.17) is 4.74 Å². The van der Waals surface area contributed by atoms with Crippen molar-refractivity contribution in [3.8, 4) is 0 Å². The Morgan fingerprint density at radius 3 is 2.90 bits per heavy atom. The predicted molar refractivity (Wildman–Crippen MR) is 71.0 cm³/mol. The van der Waals surface area contributed by atoms with Gasteiger partial charge >= 0.3 is 5.97 Å².